The Kier molecular flexibility index (Phi) is 4.64. The summed E-state index contributed by atoms with van der Waals surface area (Å²) in [7, 11) is 0. The van der Waals surface area contributed by atoms with Crippen LogP contribution in [0, 0.1) is 11.6 Å². The van der Waals surface area contributed by atoms with Crippen molar-refractivity contribution in [2.75, 3.05) is 5.32 Å². The Bertz CT molecular complexity index is 1170. The Hall–Kier alpha value is -2.76. The number of aromatic nitrogens is 2. The normalized spacial score (nSPS) is 11.0. The van der Waals surface area contributed by atoms with Gasteiger partial charge in [0.15, 0.2) is 17.5 Å². The quantitative estimate of drug-likeness (QED) is 0.418. The first-order chi connectivity index (χ1) is 13.0. The Labute approximate surface area is 163 Å². The lowest BCUT2D eigenvalue weighted by Crippen LogP contribution is -2.00. The third-order valence-electron chi connectivity index (χ3n) is 3.96. The Morgan fingerprint density at radius 1 is 0.815 bits per heavy atom. The maximum absolute atomic E-state index is 13.6. The fourth-order valence-electron chi connectivity index (χ4n) is 2.67. The van der Waals surface area contributed by atoms with Gasteiger partial charge in [-0.1, -0.05) is 35.3 Å². The average Bonchev–Trinajstić information content (AvgIpc) is 2.64. The van der Waals surface area contributed by atoms with Crippen LogP contribution in [0.5, 0.6) is 0 Å². The summed E-state index contributed by atoms with van der Waals surface area (Å²) in [6.45, 7) is 0. The van der Waals surface area contributed by atoms with Crippen LogP contribution in [0.1, 0.15) is 0 Å². The van der Waals surface area contributed by atoms with Gasteiger partial charge in [-0.25, -0.2) is 18.7 Å². The monoisotopic (exact) mass is 401 g/mol. The molecule has 0 saturated heterocycles. The molecule has 1 aromatic heterocycles. The number of fused-ring (bicyclic) bond motifs is 1. The molecule has 0 atom stereocenters. The van der Waals surface area contributed by atoms with E-state index in [4.69, 9.17) is 23.2 Å². The molecule has 0 spiro atoms. The van der Waals surface area contributed by atoms with E-state index in [1.54, 1.807) is 18.2 Å². The fourth-order valence-corrected chi connectivity index (χ4v) is 3.17. The molecule has 0 aliphatic heterocycles. The molecule has 4 aromatic rings. The van der Waals surface area contributed by atoms with E-state index in [0.717, 1.165) is 17.5 Å². The molecule has 134 valence electrons. The van der Waals surface area contributed by atoms with E-state index in [1.165, 1.54) is 6.07 Å². The second-order valence-electron chi connectivity index (χ2n) is 5.79. The number of hydrogen-bond donors (Lipinski definition) is 1. The molecule has 0 amide bonds. The molecule has 4 rings (SSSR count). The molecular weight excluding hydrogens is 391 g/mol. The van der Waals surface area contributed by atoms with Gasteiger partial charge in [0.05, 0.1) is 10.5 Å². The van der Waals surface area contributed by atoms with Crippen LogP contribution in [0.25, 0.3) is 22.3 Å². The van der Waals surface area contributed by atoms with Crippen LogP contribution in [0.4, 0.5) is 20.3 Å². The molecule has 7 heteroatoms. The highest BCUT2D eigenvalue weighted by atomic mass is 35.5. The lowest BCUT2D eigenvalue weighted by atomic mass is 10.1. The number of hydrogen-bond acceptors (Lipinski definition) is 3. The van der Waals surface area contributed by atoms with Crippen molar-refractivity contribution in [1.82, 2.24) is 9.97 Å². The summed E-state index contributed by atoms with van der Waals surface area (Å²) in [5, 5.41) is 4.68. The van der Waals surface area contributed by atoms with Gasteiger partial charge in [-0.05, 0) is 42.5 Å². The maximum atomic E-state index is 13.6. The van der Waals surface area contributed by atoms with Crippen LogP contribution in [-0.4, -0.2) is 9.97 Å². The van der Waals surface area contributed by atoms with Gasteiger partial charge in [-0.15, -0.1) is 0 Å². The van der Waals surface area contributed by atoms with Gasteiger partial charge in [-0.3, -0.25) is 0 Å². The van der Waals surface area contributed by atoms with Crippen molar-refractivity contribution in [3.8, 4) is 11.4 Å². The van der Waals surface area contributed by atoms with Crippen molar-refractivity contribution in [3.05, 3.63) is 82.3 Å². The van der Waals surface area contributed by atoms with Crippen molar-refractivity contribution in [2.45, 2.75) is 0 Å². The Morgan fingerprint density at radius 3 is 2.41 bits per heavy atom. The van der Waals surface area contributed by atoms with Crippen molar-refractivity contribution < 1.29 is 8.78 Å². The third kappa shape index (κ3) is 3.56. The number of benzene rings is 3. The first kappa shape index (κ1) is 17.6. The van der Waals surface area contributed by atoms with Crippen molar-refractivity contribution in [3.63, 3.8) is 0 Å². The van der Waals surface area contributed by atoms with Gasteiger partial charge in [0.1, 0.15) is 5.82 Å². The molecule has 0 unspecified atom stereocenters. The van der Waals surface area contributed by atoms with Crippen LogP contribution in [0.2, 0.25) is 10.0 Å². The summed E-state index contributed by atoms with van der Waals surface area (Å²) >= 11 is 12.3. The zero-order valence-electron chi connectivity index (χ0n) is 13.7. The number of nitrogens with one attached hydrogen (secondary N) is 1. The SMILES string of the molecule is Fc1ccc(Nc2nc(-c3ccc(Cl)cc3Cl)nc3ccccc23)cc1F. The summed E-state index contributed by atoms with van der Waals surface area (Å²) in [5.41, 5.74) is 1.66. The first-order valence-electron chi connectivity index (χ1n) is 7.95. The molecule has 1 heterocycles. The minimum atomic E-state index is -0.945. The molecule has 0 aliphatic rings. The minimum absolute atomic E-state index is 0.367. The minimum Gasteiger partial charge on any atom is -0.340 e. The predicted molar refractivity (Wildman–Crippen MR) is 105 cm³/mol. The maximum Gasteiger partial charge on any atom is 0.163 e. The van der Waals surface area contributed by atoms with E-state index >= 15 is 0 Å². The van der Waals surface area contributed by atoms with E-state index in [1.807, 2.05) is 24.3 Å². The number of rotatable bonds is 3. The van der Waals surface area contributed by atoms with Gasteiger partial charge >= 0.3 is 0 Å². The highest BCUT2D eigenvalue weighted by Crippen LogP contribution is 2.32. The molecule has 0 aliphatic carbocycles. The van der Waals surface area contributed by atoms with E-state index in [0.29, 0.717) is 38.5 Å². The lowest BCUT2D eigenvalue weighted by Gasteiger charge is -2.12. The molecular formula is C20H11Cl2F2N3. The van der Waals surface area contributed by atoms with Crippen LogP contribution in [-0.2, 0) is 0 Å². The van der Waals surface area contributed by atoms with Crippen LogP contribution >= 0.6 is 23.2 Å². The van der Waals surface area contributed by atoms with Crippen molar-refractivity contribution in [1.29, 1.82) is 0 Å². The van der Waals surface area contributed by atoms with E-state index in [-0.39, 0.29) is 0 Å². The second-order valence-corrected chi connectivity index (χ2v) is 6.63. The first-order valence-corrected chi connectivity index (χ1v) is 8.71. The van der Waals surface area contributed by atoms with Gasteiger partial charge in [0.25, 0.3) is 0 Å². The molecule has 0 fully saturated rings. The van der Waals surface area contributed by atoms with E-state index < -0.39 is 11.6 Å². The number of nitrogens with zero attached hydrogens (tertiary/aromatic N) is 2. The van der Waals surface area contributed by atoms with E-state index in [9.17, 15) is 8.78 Å². The summed E-state index contributed by atoms with van der Waals surface area (Å²) in [5.74, 6) is -1.02. The van der Waals surface area contributed by atoms with Crippen molar-refractivity contribution in [2.24, 2.45) is 0 Å². The molecule has 3 aromatic carbocycles. The van der Waals surface area contributed by atoms with Gasteiger partial charge in [0.2, 0.25) is 0 Å². The summed E-state index contributed by atoms with van der Waals surface area (Å²) < 4.78 is 26.8. The smallest absolute Gasteiger partial charge is 0.163 e. The summed E-state index contributed by atoms with van der Waals surface area (Å²) in [6.07, 6.45) is 0. The highest BCUT2D eigenvalue weighted by molar-refractivity contribution is 6.36. The van der Waals surface area contributed by atoms with Crippen LogP contribution in [0.3, 0.4) is 0 Å². The highest BCUT2D eigenvalue weighted by Gasteiger charge is 2.13. The lowest BCUT2D eigenvalue weighted by molar-refractivity contribution is 0.509. The number of halogens is 4. The van der Waals surface area contributed by atoms with Gasteiger partial charge in [0, 0.05) is 27.7 Å². The fraction of sp³-hybridized carbons (Fsp3) is 0. The molecule has 27 heavy (non-hydrogen) atoms. The zero-order valence-corrected chi connectivity index (χ0v) is 15.2. The third-order valence-corrected chi connectivity index (χ3v) is 4.51. The second kappa shape index (κ2) is 7.10. The molecule has 1 N–H and O–H groups in total. The topological polar surface area (TPSA) is 37.8 Å². The number of para-hydroxylation sites is 1. The Morgan fingerprint density at radius 2 is 1.63 bits per heavy atom. The summed E-state index contributed by atoms with van der Waals surface area (Å²) in [4.78, 5) is 9.10. The van der Waals surface area contributed by atoms with Gasteiger partial charge in [-0.2, -0.15) is 0 Å². The summed E-state index contributed by atoms with van der Waals surface area (Å²) in [6, 6.07) is 16.0. The average molecular weight is 402 g/mol. The van der Waals surface area contributed by atoms with Gasteiger partial charge < -0.3 is 5.32 Å². The zero-order chi connectivity index (χ0) is 19.0. The number of anilines is 2. The predicted octanol–water partition coefficient (Wildman–Crippen LogP) is 6.63. The standard InChI is InChI=1S/C20H11Cl2F2N3/c21-11-5-7-13(15(22)9-11)19-26-18-4-2-1-3-14(18)20(27-19)25-12-6-8-16(23)17(24)10-12/h1-10H,(H,25,26,27). The van der Waals surface area contributed by atoms with Crippen LogP contribution in [0.15, 0.2) is 60.7 Å². The van der Waals surface area contributed by atoms with Crippen LogP contribution < -0.4 is 5.32 Å². The largest absolute Gasteiger partial charge is 0.340 e. The molecule has 0 radical (unpaired) electrons. The molecule has 3 nitrogen and oxygen atoms in total. The van der Waals surface area contributed by atoms with Crippen molar-refractivity contribution >= 4 is 45.6 Å². The molecule has 0 saturated carbocycles. The Balaban J connectivity index is 1.86. The molecule has 0 bridgehead atoms. The van der Waals surface area contributed by atoms with E-state index in [2.05, 4.69) is 15.3 Å².